The monoisotopic (exact) mass is 347 g/mol. The van der Waals surface area contributed by atoms with Crippen LogP contribution in [-0.4, -0.2) is 23.9 Å². The first-order valence-corrected chi connectivity index (χ1v) is 8.37. The molecule has 3 aromatic rings. The number of hydrogen-bond donors (Lipinski definition) is 0. The molecule has 0 bridgehead atoms. The summed E-state index contributed by atoms with van der Waals surface area (Å²) in [5, 5.41) is 9.08. The van der Waals surface area contributed by atoms with E-state index in [0.717, 1.165) is 4.57 Å². The van der Waals surface area contributed by atoms with Gasteiger partial charge in [0.05, 0.1) is 6.26 Å². The van der Waals surface area contributed by atoms with Crippen LogP contribution in [0.3, 0.4) is 0 Å². The summed E-state index contributed by atoms with van der Waals surface area (Å²) in [7, 11) is 3.11. The number of thioether (sulfide) groups is 1. The van der Waals surface area contributed by atoms with Gasteiger partial charge in [-0.05, 0) is 19.1 Å². The topological polar surface area (TPSA) is 87.9 Å². The molecule has 0 aliphatic rings. The Morgan fingerprint density at radius 1 is 1.21 bits per heavy atom. The zero-order valence-corrected chi connectivity index (χ0v) is 14.4. The van der Waals surface area contributed by atoms with Crippen LogP contribution in [-0.2, 0) is 26.4 Å². The van der Waals surface area contributed by atoms with E-state index in [1.165, 1.54) is 29.4 Å². The Labute approximate surface area is 141 Å². The van der Waals surface area contributed by atoms with E-state index in [0.29, 0.717) is 34.7 Å². The molecule has 0 unspecified atom stereocenters. The Kier molecular flexibility index (Phi) is 4.43. The normalized spacial score (nSPS) is 11.1. The highest BCUT2D eigenvalue weighted by Crippen LogP contribution is 2.25. The fourth-order valence-electron chi connectivity index (χ4n) is 2.32. The van der Waals surface area contributed by atoms with Crippen molar-refractivity contribution in [2.24, 2.45) is 14.1 Å². The van der Waals surface area contributed by atoms with Gasteiger partial charge in [-0.25, -0.2) is 4.79 Å². The largest absolute Gasteiger partial charge is 0.461 e. The summed E-state index contributed by atoms with van der Waals surface area (Å²) in [5.41, 5.74) is -0.0217. The fourth-order valence-corrected chi connectivity index (χ4v) is 3.35. The zero-order valence-electron chi connectivity index (χ0n) is 13.6. The van der Waals surface area contributed by atoms with Gasteiger partial charge in [0.2, 0.25) is 0 Å². The maximum atomic E-state index is 12.0. The van der Waals surface area contributed by atoms with Crippen molar-refractivity contribution in [2.75, 3.05) is 0 Å². The van der Waals surface area contributed by atoms with E-state index >= 15 is 0 Å². The third-order valence-electron chi connectivity index (χ3n) is 3.75. The molecule has 0 radical (unpaired) electrons. The van der Waals surface area contributed by atoms with Crippen LogP contribution in [0.5, 0.6) is 0 Å². The molecule has 0 spiro atoms. The number of rotatable bonds is 5. The summed E-state index contributed by atoms with van der Waals surface area (Å²) < 4.78 is 9.86. The summed E-state index contributed by atoms with van der Waals surface area (Å²) in [5.74, 6) is 1.75. The second-order valence-electron chi connectivity index (χ2n) is 5.19. The third kappa shape index (κ3) is 2.82. The van der Waals surface area contributed by atoms with Crippen LogP contribution in [0.1, 0.15) is 12.6 Å². The molecule has 0 aliphatic carbocycles. The van der Waals surface area contributed by atoms with Gasteiger partial charge < -0.3 is 4.42 Å². The van der Waals surface area contributed by atoms with Crippen LogP contribution in [0.4, 0.5) is 0 Å². The second kappa shape index (κ2) is 6.52. The third-order valence-corrected chi connectivity index (χ3v) is 4.75. The highest BCUT2D eigenvalue weighted by atomic mass is 32.2. The molecule has 0 aromatic carbocycles. The summed E-state index contributed by atoms with van der Waals surface area (Å²) in [4.78, 5) is 23.8. The quantitative estimate of drug-likeness (QED) is 0.646. The maximum absolute atomic E-state index is 12.0. The minimum Gasteiger partial charge on any atom is -0.461 e. The molecular formula is C15H17N5O3S. The number of aromatic nitrogens is 5. The van der Waals surface area contributed by atoms with Crippen LogP contribution >= 0.6 is 11.8 Å². The van der Waals surface area contributed by atoms with E-state index in [-0.39, 0.29) is 11.2 Å². The van der Waals surface area contributed by atoms with Crippen molar-refractivity contribution in [3.63, 3.8) is 0 Å². The summed E-state index contributed by atoms with van der Waals surface area (Å²) >= 11 is 1.42. The van der Waals surface area contributed by atoms with Gasteiger partial charge in [-0.15, -0.1) is 10.2 Å². The fraction of sp³-hybridized carbons (Fsp3) is 0.333. The molecule has 9 heteroatoms. The smallest absolute Gasteiger partial charge is 0.330 e. The number of furan rings is 1. The summed E-state index contributed by atoms with van der Waals surface area (Å²) in [6.07, 6.45) is 1.59. The molecule has 8 nitrogen and oxygen atoms in total. The minimum atomic E-state index is -0.341. The minimum absolute atomic E-state index is 0.318. The molecule has 0 aliphatic heterocycles. The van der Waals surface area contributed by atoms with Crippen molar-refractivity contribution in [1.82, 2.24) is 23.9 Å². The molecule has 0 saturated carbocycles. The van der Waals surface area contributed by atoms with Crippen molar-refractivity contribution in [1.29, 1.82) is 0 Å². The number of hydrogen-bond acceptors (Lipinski definition) is 6. The van der Waals surface area contributed by atoms with E-state index in [2.05, 4.69) is 10.2 Å². The lowest BCUT2D eigenvalue weighted by molar-refractivity contribution is 0.567. The van der Waals surface area contributed by atoms with Gasteiger partial charge in [0, 0.05) is 38.2 Å². The van der Waals surface area contributed by atoms with Crippen molar-refractivity contribution < 1.29 is 4.42 Å². The molecule has 0 saturated heterocycles. The second-order valence-corrected chi connectivity index (χ2v) is 6.13. The van der Waals surface area contributed by atoms with Crippen molar-refractivity contribution in [2.45, 2.75) is 24.4 Å². The van der Waals surface area contributed by atoms with E-state index in [9.17, 15) is 9.59 Å². The first-order chi connectivity index (χ1) is 11.5. The van der Waals surface area contributed by atoms with E-state index < -0.39 is 0 Å². The molecule has 3 aromatic heterocycles. The average Bonchev–Trinajstić information content (AvgIpc) is 3.23. The molecule has 0 atom stereocenters. The van der Waals surface area contributed by atoms with Gasteiger partial charge in [-0.1, -0.05) is 11.8 Å². The lowest BCUT2D eigenvalue weighted by Gasteiger charge is -2.09. The van der Waals surface area contributed by atoms with Gasteiger partial charge in [0.25, 0.3) is 5.56 Å². The van der Waals surface area contributed by atoms with E-state index in [1.807, 2.05) is 17.6 Å². The van der Waals surface area contributed by atoms with Crippen LogP contribution in [0, 0.1) is 0 Å². The SMILES string of the molecule is CCn1c(SCc2cc(=O)n(C)c(=O)n2C)nnc1-c1ccco1. The van der Waals surface area contributed by atoms with Gasteiger partial charge in [-0.2, -0.15) is 0 Å². The first kappa shape index (κ1) is 16.3. The van der Waals surface area contributed by atoms with Gasteiger partial charge in [0.1, 0.15) is 0 Å². The van der Waals surface area contributed by atoms with Crippen molar-refractivity contribution in [3.8, 4) is 11.6 Å². The molecule has 3 rings (SSSR count). The predicted molar refractivity (Wildman–Crippen MR) is 89.9 cm³/mol. The average molecular weight is 347 g/mol. The lowest BCUT2D eigenvalue weighted by Crippen LogP contribution is -2.37. The first-order valence-electron chi connectivity index (χ1n) is 7.38. The summed E-state index contributed by atoms with van der Waals surface area (Å²) in [6, 6.07) is 5.09. The van der Waals surface area contributed by atoms with Gasteiger partial charge in [-0.3, -0.25) is 18.5 Å². The summed E-state index contributed by atoms with van der Waals surface area (Å²) in [6.45, 7) is 2.68. The molecule has 3 heterocycles. The highest BCUT2D eigenvalue weighted by Gasteiger charge is 2.16. The Hall–Kier alpha value is -2.55. The van der Waals surface area contributed by atoms with Crippen LogP contribution in [0.15, 0.2) is 43.6 Å². The maximum Gasteiger partial charge on any atom is 0.330 e. The van der Waals surface area contributed by atoms with Crippen LogP contribution in [0.25, 0.3) is 11.6 Å². The van der Waals surface area contributed by atoms with Crippen molar-refractivity contribution in [3.05, 3.63) is 51.0 Å². The van der Waals surface area contributed by atoms with Gasteiger partial charge in [0.15, 0.2) is 16.7 Å². The van der Waals surface area contributed by atoms with Crippen LogP contribution in [0.2, 0.25) is 0 Å². The molecule has 126 valence electrons. The molecule has 0 fully saturated rings. The Morgan fingerprint density at radius 3 is 2.67 bits per heavy atom. The molecule has 24 heavy (non-hydrogen) atoms. The highest BCUT2D eigenvalue weighted by molar-refractivity contribution is 7.98. The van der Waals surface area contributed by atoms with Gasteiger partial charge >= 0.3 is 5.69 Å². The standard InChI is InChI=1S/C15H17N5O3S/c1-4-20-13(11-6-5-7-23-11)16-17-14(20)24-9-10-8-12(21)19(3)15(22)18(10)2/h5-8H,4,9H2,1-3H3. The van der Waals surface area contributed by atoms with Crippen LogP contribution < -0.4 is 11.2 Å². The lowest BCUT2D eigenvalue weighted by atomic mass is 10.4. The van der Waals surface area contributed by atoms with E-state index in [4.69, 9.17) is 4.42 Å². The molecule has 0 amide bonds. The number of nitrogens with zero attached hydrogens (tertiary/aromatic N) is 5. The van der Waals surface area contributed by atoms with E-state index in [1.54, 1.807) is 19.4 Å². The molecular weight excluding hydrogens is 330 g/mol. The molecule has 0 N–H and O–H groups in total. The Balaban J connectivity index is 1.89. The predicted octanol–water partition coefficient (Wildman–Crippen LogP) is 1.25. The van der Waals surface area contributed by atoms with Crippen molar-refractivity contribution >= 4 is 11.8 Å². The Bertz CT molecular complexity index is 968. The Morgan fingerprint density at radius 2 is 2.00 bits per heavy atom. The zero-order chi connectivity index (χ0) is 17.3.